The largest absolute Gasteiger partial charge is 0.463 e. The molecule has 5 nitrogen and oxygen atoms in total. The van der Waals surface area contributed by atoms with E-state index in [1.807, 2.05) is 24.3 Å². The van der Waals surface area contributed by atoms with Crippen LogP contribution in [0.15, 0.2) is 54.3 Å². The number of carbonyl (C=O) groups is 2. The zero-order valence-corrected chi connectivity index (χ0v) is 19.3. The van der Waals surface area contributed by atoms with Crippen LogP contribution in [-0.4, -0.2) is 30.6 Å². The Hall–Kier alpha value is -2.77. The van der Waals surface area contributed by atoms with Gasteiger partial charge in [-0.25, -0.2) is 0 Å². The van der Waals surface area contributed by atoms with Crippen molar-refractivity contribution >= 4 is 23.5 Å². The Balaban J connectivity index is 1.92. The summed E-state index contributed by atoms with van der Waals surface area (Å²) < 4.78 is 44.8. The molecule has 0 saturated carbocycles. The van der Waals surface area contributed by atoms with Crippen molar-refractivity contribution in [2.24, 2.45) is 0 Å². The Kier molecular flexibility index (Phi) is 7.87. The molecule has 0 saturated heterocycles. The summed E-state index contributed by atoms with van der Waals surface area (Å²) >= 11 is 6.40. The third-order valence-corrected chi connectivity index (χ3v) is 5.63. The van der Waals surface area contributed by atoms with Crippen LogP contribution in [0.5, 0.6) is 0 Å². The van der Waals surface area contributed by atoms with Gasteiger partial charge in [0.1, 0.15) is 12.7 Å². The Morgan fingerprint density at radius 2 is 1.73 bits per heavy atom. The van der Waals surface area contributed by atoms with Crippen molar-refractivity contribution in [3.63, 3.8) is 0 Å². The molecule has 33 heavy (non-hydrogen) atoms. The maximum Gasteiger partial charge on any atom is 0.333 e. The Morgan fingerprint density at radius 3 is 2.33 bits per heavy atom. The highest BCUT2D eigenvalue weighted by atomic mass is 35.5. The van der Waals surface area contributed by atoms with Gasteiger partial charge in [0.2, 0.25) is 0 Å². The van der Waals surface area contributed by atoms with Crippen LogP contribution in [0.25, 0.3) is 0 Å². The number of esters is 2. The van der Waals surface area contributed by atoms with Crippen molar-refractivity contribution in [2.75, 3.05) is 6.61 Å². The lowest BCUT2D eigenvalue weighted by molar-refractivity contribution is -0.193. The van der Waals surface area contributed by atoms with Crippen LogP contribution in [0.3, 0.4) is 0 Å². The van der Waals surface area contributed by atoms with Gasteiger partial charge in [0.05, 0.1) is 0 Å². The molecule has 2 atom stereocenters. The minimum Gasteiger partial charge on any atom is -0.463 e. The average molecular weight is 479 g/mol. The highest BCUT2D eigenvalue weighted by Crippen LogP contribution is 2.41. The normalized spacial score (nSPS) is 19.5. The molecule has 0 amide bonds. The zero-order valence-electron chi connectivity index (χ0n) is 18.6. The molecule has 1 aliphatic heterocycles. The molecule has 176 valence electrons. The highest BCUT2D eigenvalue weighted by molar-refractivity contribution is 6.31. The Bertz CT molecular complexity index is 1050. The standard InChI is InChI=1S/C25H25ClF2O5/c1-4-17-5-7-18(8-6-17)11-20-12-19(9-10-21(20)26)22-13-23(32-16(3)30)25(27,28)24(33-22)14-31-15(2)29/h5-10,12-13,22,24H,4,11,14H2,1-3H3. The summed E-state index contributed by atoms with van der Waals surface area (Å²) in [6.45, 7) is 3.53. The van der Waals surface area contributed by atoms with E-state index in [1.165, 1.54) is 5.56 Å². The lowest BCUT2D eigenvalue weighted by Gasteiger charge is -2.35. The van der Waals surface area contributed by atoms with Gasteiger partial charge in [0.15, 0.2) is 11.9 Å². The number of carbonyl (C=O) groups excluding carboxylic acids is 2. The van der Waals surface area contributed by atoms with E-state index in [0.29, 0.717) is 17.0 Å². The molecule has 0 bridgehead atoms. The fourth-order valence-corrected chi connectivity index (χ4v) is 3.68. The number of halogens is 3. The molecular weight excluding hydrogens is 454 g/mol. The summed E-state index contributed by atoms with van der Waals surface area (Å²) in [6.07, 6.45) is -0.248. The van der Waals surface area contributed by atoms with Crippen molar-refractivity contribution in [2.45, 2.75) is 51.7 Å². The summed E-state index contributed by atoms with van der Waals surface area (Å²) in [7, 11) is 0. The number of rotatable bonds is 7. The van der Waals surface area contributed by atoms with E-state index in [1.54, 1.807) is 18.2 Å². The van der Waals surface area contributed by atoms with Crippen molar-refractivity contribution < 1.29 is 32.6 Å². The molecule has 2 aromatic rings. The summed E-state index contributed by atoms with van der Waals surface area (Å²) in [5, 5.41) is 0.528. The predicted molar refractivity (Wildman–Crippen MR) is 119 cm³/mol. The van der Waals surface area contributed by atoms with E-state index >= 15 is 0 Å². The van der Waals surface area contributed by atoms with Gasteiger partial charge in [-0.05, 0) is 47.2 Å². The van der Waals surface area contributed by atoms with E-state index in [-0.39, 0.29) is 0 Å². The second kappa shape index (κ2) is 10.4. The second-order valence-corrected chi connectivity index (χ2v) is 8.20. The lowest BCUT2D eigenvalue weighted by Crippen LogP contribution is -2.46. The van der Waals surface area contributed by atoms with Gasteiger partial charge in [-0.1, -0.05) is 54.9 Å². The smallest absolute Gasteiger partial charge is 0.333 e. The molecule has 0 aromatic heterocycles. The first-order valence-electron chi connectivity index (χ1n) is 10.5. The molecule has 0 spiro atoms. The minimum absolute atomic E-state index is 0.528. The maximum absolute atomic E-state index is 14.8. The van der Waals surface area contributed by atoms with Crippen LogP contribution in [-0.2, 0) is 36.6 Å². The van der Waals surface area contributed by atoms with Crippen LogP contribution in [0.1, 0.15) is 49.1 Å². The van der Waals surface area contributed by atoms with Gasteiger partial charge in [0.25, 0.3) is 0 Å². The molecular formula is C25H25ClF2O5. The highest BCUT2D eigenvalue weighted by Gasteiger charge is 2.51. The molecule has 1 aliphatic rings. The Labute approximate surface area is 196 Å². The maximum atomic E-state index is 14.8. The number of hydrogen-bond donors (Lipinski definition) is 0. The zero-order chi connectivity index (χ0) is 24.2. The van der Waals surface area contributed by atoms with Gasteiger partial charge in [-0.2, -0.15) is 8.78 Å². The first-order valence-corrected chi connectivity index (χ1v) is 10.9. The summed E-state index contributed by atoms with van der Waals surface area (Å²) in [6, 6.07) is 13.2. The van der Waals surface area contributed by atoms with Crippen molar-refractivity contribution in [1.82, 2.24) is 0 Å². The molecule has 1 heterocycles. The fraction of sp³-hybridized carbons (Fsp3) is 0.360. The number of hydrogen-bond acceptors (Lipinski definition) is 5. The van der Waals surface area contributed by atoms with Crippen LogP contribution < -0.4 is 0 Å². The first kappa shape index (κ1) is 24.9. The van der Waals surface area contributed by atoms with Crippen molar-refractivity contribution in [3.8, 4) is 0 Å². The van der Waals surface area contributed by atoms with Gasteiger partial charge in [-0.15, -0.1) is 0 Å². The minimum atomic E-state index is -3.66. The summed E-state index contributed by atoms with van der Waals surface area (Å²) in [4.78, 5) is 22.6. The second-order valence-electron chi connectivity index (χ2n) is 7.79. The number of benzene rings is 2. The van der Waals surface area contributed by atoms with E-state index < -0.39 is 42.4 Å². The molecule has 0 radical (unpaired) electrons. The number of alkyl halides is 2. The van der Waals surface area contributed by atoms with Crippen LogP contribution in [0, 0.1) is 0 Å². The number of ether oxygens (including phenoxy) is 3. The van der Waals surface area contributed by atoms with E-state index in [2.05, 4.69) is 6.92 Å². The Morgan fingerprint density at radius 1 is 1.06 bits per heavy atom. The molecule has 2 unspecified atom stereocenters. The number of aryl methyl sites for hydroxylation is 1. The molecule has 3 rings (SSSR count). The van der Waals surface area contributed by atoms with Crippen molar-refractivity contribution in [1.29, 1.82) is 0 Å². The first-order chi connectivity index (χ1) is 15.6. The quantitative estimate of drug-likeness (QED) is 0.486. The van der Waals surface area contributed by atoms with Crippen LogP contribution in [0.4, 0.5) is 8.78 Å². The topological polar surface area (TPSA) is 61.8 Å². The summed E-state index contributed by atoms with van der Waals surface area (Å²) in [5.74, 6) is -6.11. The monoisotopic (exact) mass is 478 g/mol. The third-order valence-electron chi connectivity index (χ3n) is 5.26. The summed E-state index contributed by atoms with van der Waals surface area (Å²) in [5.41, 5.74) is 3.61. The average Bonchev–Trinajstić information content (AvgIpc) is 2.76. The van der Waals surface area contributed by atoms with Crippen LogP contribution >= 0.6 is 11.6 Å². The van der Waals surface area contributed by atoms with Gasteiger partial charge >= 0.3 is 17.9 Å². The molecule has 2 aromatic carbocycles. The SMILES string of the molecule is CCc1ccc(Cc2cc(C3C=C(OC(C)=O)C(F)(F)C(COC(C)=O)O3)ccc2Cl)cc1. The molecule has 0 aliphatic carbocycles. The van der Waals surface area contributed by atoms with Crippen molar-refractivity contribution in [3.05, 3.63) is 81.6 Å². The molecule has 8 heteroatoms. The van der Waals surface area contributed by atoms with Gasteiger partial charge in [-0.3, -0.25) is 9.59 Å². The molecule has 0 N–H and O–H groups in total. The predicted octanol–water partition coefficient (Wildman–Crippen LogP) is 5.58. The van der Waals surface area contributed by atoms with Gasteiger partial charge in [0, 0.05) is 18.9 Å². The molecule has 0 fully saturated rings. The van der Waals surface area contributed by atoms with Crippen LogP contribution in [0.2, 0.25) is 5.02 Å². The lowest BCUT2D eigenvalue weighted by atomic mass is 9.97. The third kappa shape index (κ3) is 6.18. The van der Waals surface area contributed by atoms with Gasteiger partial charge < -0.3 is 14.2 Å². The van der Waals surface area contributed by atoms with E-state index in [9.17, 15) is 18.4 Å². The van der Waals surface area contributed by atoms with E-state index in [0.717, 1.165) is 37.5 Å². The van der Waals surface area contributed by atoms with E-state index in [4.69, 9.17) is 25.8 Å². The fourth-order valence-electron chi connectivity index (χ4n) is 3.50.